The van der Waals surface area contributed by atoms with Crippen molar-refractivity contribution in [2.45, 2.75) is 5.16 Å². The van der Waals surface area contributed by atoms with Crippen LogP contribution < -0.4 is 5.32 Å². The lowest BCUT2D eigenvalue weighted by atomic mass is 9.83. The standard InChI is InChI=1S/C26H19N3O3S/c1-29-21(16-8-3-2-4-9-16)14-27-26(29)33-15-22(30)28-20-13-7-12-19-23(20)25(32)18-11-6-5-10-17(18)24(19)31/h2-14H,15H2,1H3,(H,28,30). The molecule has 0 saturated heterocycles. The molecule has 0 spiro atoms. The number of amides is 1. The SMILES string of the molecule is Cn1c(-c2ccccc2)cnc1SCC(=O)Nc1cccc2c1C(=O)c1ccccc1C2=O. The fraction of sp³-hybridized carbons (Fsp3) is 0.0769. The first-order valence-electron chi connectivity index (χ1n) is 10.4. The number of rotatable bonds is 5. The molecule has 3 aromatic carbocycles. The molecule has 6 nitrogen and oxygen atoms in total. The number of carbonyl (C=O) groups is 3. The Hall–Kier alpha value is -3.97. The molecule has 0 unspecified atom stereocenters. The van der Waals surface area contributed by atoms with Crippen LogP contribution in [0.5, 0.6) is 0 Å². The van der Waals surface area contributed by atoms with E-state index in [4.69, 9.17) is 0 Å². The zero-order valence-corrected chi connectivity index (χ0v) is 18.6. The van der Waals surface area contributed by atoms with Crippen LogP contribution in [0.2, 0.25) is 0 Å². The number of imidazole rings is 1. The molecule has 0 fully saturated rings. The van der Waals surface area contributed by atoms with Gasteiger partial charge in [0.15, 0.2) is 16.7 Å². The van der Waals surface area contributed by atoms with Crippen LogP contribution in [0.3, 0.4) is 0 Å². The first-order chi connectivity index (χ1) is 16.0. The molecule has 1 aliphatic rings. The Labute approximate surface area is 194 Å². The summed E-state index contributed by atoms with van der Waals surface area (Å²) in [5.41, 5.74) is 3.63. The Balaban J connectivity index is 1.34. The third kappa shape index (κ3) is 3.76. The summed E-state index contributed by atoms with van der Waals surface area (Å²) < 4.78 is 1.94. The van der Waals surface area contributed by atoms with Crippen LogP contribution >= 0.6 is 11.8 Å². The Bertz CT molecular complexity index is 1410. The molecule has 1 aromatic heterocycles. The maximum absolute atomic E-state index is 13.1. The third-order valence-corrected chi connectivity index (χ3v) is 6.62. The van der Waals surface area contributed by atoms with Crippen molar-refractivity contribution in [2.75, 3.05) is 11.1 Å². The van der Waals surface area contributed by atoms with Gasteiger partial charge in [-0.15, -0.1) is 0 Å². The van der Waals surface area contributed by atoms with Crippen molar-refractivity contribution in [3.63, 3.8) is 0 Å². The van der Waals surface area contributed by atoms with Crippen LogP contribution in [-0.4, -0.2) is 32.8 Å². The molecule has 1 N–H and O–H groups in total. The Kier molecular flexibility index (Phi) is 5.40. The molecule has 0 radical (unpaired) electrons. The molecule has 162 valence electrons. The van der Waals surface area contributed by atoms with Crippen molar-refractivity contribution in [1.82, 2.24) is 9.55 Å². The van der Waals surface area contributed by atoms with Gasteiger partial charge in [-0.2, -0.15) is 0 Å². The summed E-state index contributed by atoms with van der Waals surface area (Å²) in [7, 11) is 1.91. The van der Waals surface area contributed by atoms with Gasteiger partial charge >= 0.3 is 0 Å². The van der Waals surface area contributed by atoms with Gasteiger partial charge in [0.25, 0.3) is 0 Å². The Morgan fingerprint density at radius 2 is 1.55 bits per heavy atom. The molecule has 7 heteroatoms. The summed E-state index contributed by atoms with van der Waals surface area (Å²) in [4.78, 5) is 43.1. The number of anilines is 1. The minimum absolute atomic E-state index is 0.113. The van der Waals surface area contributed by atoms with Gasteiger partial charge in [-0.3, -0.25) is 14.4 Å². The number of nitrogens with one attached hydrogen (secondary N) is 1. The molecule has 5 rings (SSSR count). The number of ketones is 2. The smallest absolute Gasteiger partial charge is 0.234 e. The number of nitrogens with zero attached hydrogens (tertiary/aromatic N) is 2. The van der Waals surface area contributed by atoms with Crippen LogP contribution in [0.15, 0.2) is 84.1 Å². The number of thioether (sulfide) groups is 1. The lowest BCUT2D eigenvalue weighted by Gasteiger charge is -2.20. The van der Waals surface area contributed by atoms with Crippen LogP contribution in [0.4, 0.5) is 5.69 Å². The molecular formula is C26H19N3O3S. The monoisotopic (exact) mass is 453 g/mol. The van der Waals surface area contributed by atoms with Crippen molar-refractivity contribution >= 4 is 34.9 Å². The fourth-order valence-electron chi connectivity index (χ4n) is 3.97. The molecule has 0 saturated carbocycles. The second-order valence-electron chi connectivity index (χ2n) is 7.62. The highest BCUT2D eigenvalue weighted by Gasteiger charge is 2.31. The van der Waals surface area contributed by atoms with Crippen LogP contribution in [0, 0.1) is 0 Å². The van der Waals surface area contributed by atoms with Crippen molar-refractivity contribution < 1.29 is 14.4 Å². The topological polar surface area (TPSA) is 81.1 Å². The minimum Gasteiger partial charge on any atom is -0.325 e. The van der Waals surface area contributed by atoms with E-state index >= 15 is 0 Å². The highest BCUT2D eigenvalue weighted by Crippen LogP contribution is 2.32. The number of aromatic nitrogens is 2. The van der Waals surface area contributed by atoms with E-state index in [1.54, 1.807) is 48.7 Å². The summed E-state index contributed by atoms with van der Waals surface area (Å²) in [5, 5.41) is 3.52. The minimum atomic E-state index is -0.281. The van der Waals surface area contributed by atoms with E-state index in [0.717, 1.165) is 11.3 Å². The Morgan fingerprint density at radius 1 is 0.879 bits per heavy atom. The van der Waals surface area contributed by atoms with Crippen molar-refractivity contribution in [2.24, 2.45) is 7.05 Å². The largest absolute Gasteiger partial charge is 0.325 e. The van der Waals surface area contributed by atoms with E-state index in [0.29, 0.717) is 27.5 Å². The second-order valence-corrected chi connectivity index (χ2v) is 8.56. The molecule has 4 aromatic rings. The number of benzene rings is 3. The van der Waals surface area contributed by atoms with Gasteiger partial charge in [-0.05, 0) is 11.6 Å². The normalized spacial score (nSPS) is 12.3. The first kappa shape index (κ1) is 20.9. The summed E-state index contributed by atoms with van der Waals surface area (Å²) in [6.45, 7) is 0. The predicted octanol–water partition coefficient (Wildman–Crippen LogP) is 4.59. The van der Waals surface area contributed by atoms with E-state index in [2.05, 4.69) is 10.3 Å². The Morgan fingerprint density at radius 3 is 2.30 bits per heavy atom. The summed E-state index contributed by atoms with van der Waals surface area (Å²) in [5.74, 6) is -0.647. The predicted molar refractivity (Wildman–Crippen MR) is 128 cm³/mol. The molecule has 33 heavy (non-hydrogen) atoms. The van der Waals surface area contributed by atoms with Gasteiger partial charge in [0, 0.05) is 23.7 Å². The number of hydrogen-bond donors (Lipinski definition) is 1. The lowest BCUT2D eigenvalue weighted by Crippen LogP contribution is -2.24. The van der Waals surface area contributed by atoms with Crippen molar-refractivity contribution in [3.8, 4) is 11.3 Å². The lowest BCUT2D eigenvalue weighted by molar-refractivity contribution is -0.113. The van der Waals surface area contributed by atoms with Gasteiger partial charge in [0.1, 0.15) is 0 Å². The zero-order valence-electron chi connectivity index (χ0n) is 17.7. The molecule has 1 heterocycles. The van der Waals surface area contributed by atoms with Gasteiger partial charge in [0.05, 0.1) is 28.9 Å². The summed E-state index contributed by atoms with van der Waals surface area (Å²) >= 11 is 1.31. The highest BCUT2D eigenvalue weighted by molar-refractivity contribution is 7.99. The number of hydrogen-bond acceptors (Lipinski definition) is 5. The third-order valence-electron chi connectivity index (χ3n) is 5.57. The van der Waals surface area contributed by atoms with Crippen molar-refractivity contribution in [3.05, 3.63) is 101 Å². The molecule has 1 amide bonds. The van der Waals surface area contributed by atoms with Gasteiger partial charge < -0.3 is 9.88 Å². The van der Waals surface area contributed by atoms with Crippen molar-refractivity contribution in [1.29, 1.82) is 0 Å². The molecular weight excluding hydrogens is 434 g/mol. The fourth-order valence-corrected chi connectivity index (χ4v) is 4.72. The highest BCUT2D eigenvalue weighted by atomic mass is 32.2. The van der Waals surface area contributed by atoms with E-state index in [9.17, 15) is 14.4 Å². The van der Waals surface area contributed by atoms with Gasteiger partial charge in [0.2, 0.25) is 5.91 Å². The van der Waals surface area contributed by atoms with Crippen LogP contribution in [0.1, 0.15) is 31.8 Å². The van der Waals surface area contributed by atoms with E-state index in [1.807, 2.05) is 41.9 Å². The first-order valence-corrected chi connectivity index (χ1v) is 11.3. The summed E-state index contributed by atoms with van der Waals surface area (Å²) in [6.07, 6.45) is 1.78. The average molecular weight is 454 g/mol. The zero-order chi connectivity index (χ0) is 22.9. The van der Waals surface area contributed by atoms with E-state index < -0.39 is 0 Å². The molecule has 1 aliphatic carbocycles. The maximum atomic E-state index is 13.1. The average Bonchev–Trinajstić information content (AvgIpc) is 3.22. The molecule has 0 aliphatic heterocycles. The maximum Gasteiger partial charge on any atom is 0.234 e. The quantitative estimate of drug-likeness (QED) is 0.394. The van der Waals surface area contributed by atoms with Gasteiger partial charge in [-0.25, -0.2) is 4.98 Å². The van der Waals surface area contributed by atoms with Crippen LogP contribution in [-0.2, 0) is 11.8 Å². The molecule has 0 bridgehead atoms. The summed E-state index contributed by atoms with van der Waals surface area (Å²) in [6, 6.07) is 21.6. The number of carbonyl (C=O) groups excluding carboxylic acids is 3. The van der Waals surface area contributed by atoms with Crippen LogP contribution in [0.25, 0.3) is 11.3 Å². The second kappa shape index (κ2) is 8.52. The molecule has 0 atom stereocenters. The van der Waals surface area contributed by atoms with E-state index in [1.165, 1.54) is 11.8 Å². The van der Waals surface area contributed by atoms with E-state index in [-0.39, 0.29) is 28.8 Å². The van der Waals surface area contributed by atoms with Gasteiger partial charge in [-0.1, -0.05) is 78.5 Å². The number of fused-ring (bicyclic) bond motifs is 2.